The molecule has 0 saturated carbocycles. The first-order valence-corrected chi connectivity index (χ1v) is 4.36. The molecule has 1 aliphatic rings. The van der Waals surface area contributed by atoms with E-state index >= 15 is 0 Å². The van der Waals surface area contributed by atoms with Crippen molar-refractivity contribution in [3.63, 3.8) is 0 Å². The van der Waals surface area contributed by atoms with Crippen LogP contribution in [-0.4, -0.2) is 34.2 Å². The van der Waals surface area contributed by atoms with Crippen molar-refractivity contribution >= 4 is 19.5 Å². The van der Waals surface area contributed by atoms with E-state index in [9.17, 15) is 0 Å². The summed E-state index contributed by atoms with van der Waals surface area (Å²) >= 11 is 0. The second-order valence-electron chi connectivity index (χ2n) is 2.63. The van der Waals surface area contributed by atoms with E-state index in [1.54, 1.807) is 0 Å². The van der Waals surface area contributed by atoms with Crippen LogP contribution < -0.4 is 0 Å². The van der Waals surface area contributed by atoms with Gasteiger partial charge in [0.25, 0.3) is 0 Å². The van der Waals surface area contributed by atoms with Gasteiger partial charge >= 0.3 is 6.67 Å². The van der Waals surface area contributed by atoms with Crippen molar-refractivity contribution < 1.29 is 41.9 Å². The summed E-state index contributed by atoms with van der Waals surface area (Å²) in [7, 11) is 5.04. The topological polar surface area (TPSA) is 6.02 Å². The first kappa shape index (κ1) is 11.7. The Bertz CT molecular complexity index is 176. The molecular weight excluding hydrogens is 232 g/mol. The average molecular weight is 246 g/mol. The molecule has 0 atom stereocenters. The quantitative estimate of drug-likeness (QED) is 0.340. The second kappa shape index (κ2) is 4.69. The van der Waals surface area contributed by atoms with E-state index in [-0.39, 0.29) is 32.7 Å². The molecule has 11 heavy (non-hydrogen) atoms. The summed E-state index contributed by atoms with van der Waals surface area (Å²) in [6.07, 6.45) is 0. The Hall–Kier alpha value is 0.744. The number of nitrogens with zero attached hydrogens (tertiary/aromatic N) is 2. The van der Waals surface area contributed by atoms with Crippen LogP contribution in [-0.2, 0) is 32.7 Å². The molecule has 0 amide bonds. The fourth-order valence-corrected chi connectivity index (χ4v) is 1.86. The maximum absolute atomic E-state index is 2.17. The van der Waals surface area contributed by atoms with E-state index in [0.717, 1.165) is 8.58 Å². The molecule has 0 spiro atoms. The molecule has 0 saturated heterocycles. The summed E-state index contributed by atoms with van der Waals surface area (Å²) < 4.78 is 4.34. The molecule has 59 valence electrons. The molecule has 2 nitrogen and oxygen atoms in total. The summed E-state index contributed by atoms with van der Waals surface area (Å²) in [5, 5.41) is 0. The van der Waals surface area contributed by atoms with Crippen molar-refractivity contribution in [2.24, 2.45) is 0 Å². The molecule has 0 aliphatic carbocycles. The van der Waals surface area contributed by atoms with Gasteiger partial charge in [0, 0.05) is 32.7 Å². The Morgan fingerprint density at radius 3 is 1.73 bits per heavy atom. The van der Waals surface area contributed by atoms with Crippen LogP contribution in [0.15, 0.2) is 0 Å². The van der Waals surface area contributed by atoms with Crippen molar-refractivity contribution in [2.75, 3.05) is 14.1 Å². The third-order valence-corrected chi connectivity index (χ3v) is 3.20. The summed E-state index contributed by atoms with van der Waals surface area (Å²) in [4.78, 5) is 0. The molecule has 4 heteroatoms. The fraction of sp³-hybridized carbons (Fsp3) is 0.571. The Labute approximate surface area is 95.4 Å². The van der Waals surface area contributed by atoms with E-state index in [4.69, 9.17) is 0 Å². The maximum atomic E-state index is 2.17. The zero-order valence-corrected chi connectivity index (χ0v) is 11.4. The number of hydrogen-bond donors (Lipinski definition) is 0. The van der Waals surface area contributed by atoms with Gasteiger partial charge in [-0.2, -0.15) is 0 Å². The standard InChI is InChI=1S/C7H14N2P.Y/c1-6-8(3)5-9(4)7(2)10-6;/h5,10H,1-4H3;/q+1;. The molecule has 0 fully saturated rings. The summed E-state index contributed by atoms with van der Waals surface area (Å²) in [5.74, 6) is 0. The summed E-state index contributed by atoms with van der Waals surface area (Å²) in [6.45, 7) is 6.46. The average Bonchev–Trinajstić information content (AvgIpc) is 1.84. The van der Waals surface area contributed by atoms with Gasteiger partial charge < -0.3 is 0 Å². The molecule has 1 heterocycles. The van der Waals surface area contributed by atoms with Crippen LogP contribution in [0, 0.1) is 6.67 Å². The number of hydrogen-bond acceptors (Lipinski definition) is 0. The van der Waals surface area contributed by atoms with E-state index in [0.29, 0.717) is 0 Å². The molecule has 0 N–H and O–H groups in total. The van der Waals surface area contributed by atoms with Crippen LogP contribution in [0.25, 0.3) is 0 Å². The fourth-order valence-electron chi connectivity index (χ4n) is 0.871. The van der Waals surface area contributed by atoms with Gasteiger partial charge in [0.2, 0.25) is 0 Å². The third-order valence-electron chi connectivity index (χ3n) is 1.77. The van der Waals surface area contributed by atoms with Crippen LogP contribution in [0.5, 0.6) is 0 Å². The predicted octanol–water partition coefficient (Wildman–Crippen LogP) is 0.917. The van der Waals surface area contributed by atoms with Crippen LogP contribution in [0.1, 0.15) is 13.8 Å². The van der Waals surface area contributed by atoms with Crippen molar-refractivity contribution in [1.29, 1.82) is 0 Å². The first-order chi connectivity index (χ1) is 4.61. The van der Waals surface area contributed by atoms with Crippen LogP contribution in [0.3, 0.4) is 0 Å². The predicted molar refractivity (Wildman–Crippen MR) is 46.3 cm³/mol. The molecule has 0 unspecified atom stereocenters. The Balaban J connectivity index is 0.000001000. The maximum Gasteiger partial charge on any atom is 0.304 e. The Morgan fingerprint density at radius 1 is 1.09 bits per heavy atom. The van der Waals surface area contributed by atoms with Gasteiger partial charge in [-0.1, -0.05) is 0 Å². The molecule has 0 aromatic carbocycles. The minimum Gasteiger partial charge on any atom is -0.256 e. The summed E-state index contributed by atoms with van der Waals surface area (Å²) in [6, 6.07) is 0. The molecule has 0 bridgehead atoms. The van der Waals surface area contributed by atoms with Gasteiger partial charge in [0.05, 0.1) is 10.9 Å². The van der Waals surface area contributed by atoms with E-state index < -0.39 is 0 Å². The molecule has 1 rings (SSSR count). The van der Waals surface area contributed by atoms with Crippen LogP contribution in [0.4, 0.5) is 0 Å². The van der Waals surface area contributed by atoms with E-state index in [1.807, 2.05) is 0 Å². The monoisotopic (exact) mass is 246 g/mol. The first-order valence-electron chi connectivity index (χ1n) is 3.36. The summed E-state index contributed by atoms with van der Waals surface area (Å²) in [5.41, 5.74) is 2.88. The molecule has 0 aromatic heterocycles. The van der Waals surface area contributed by atoms with Gasteiger partial charge in [0.1, 0.15) is 14.1 Å². The smallest absolute Gasteiger partial charge is 0.256 e. The van der Waals surface area contributed by atoms with Crippen LogP contribution >= 0.6 is 8.58 Å². The van der Waals surface area contributed by atoms with E-state index in [1.165, 1.54) is 10.9 Å². The van der Waals surface area contributed by atoms with Gasteiger partial charge in [-0.05, 0) is 22.4 Å². The van der Waals surface area contributed by atoms with Gasteiger partial charge in [-0.25, -0.2) is 0 Å². The van der Waals surface area contributed by atoms with Gasteiger partial charge in [-0.3, -0.25) is 9.15 Å². The van der Waals surface area contributed by atoms with Gasteiger partial charge in [0.15, 0.2) is 0 Å². The molecule has 1 radical (unpaired) electrons. The van der Waals surface area contributed by atoms with E-state index in [2.05, 4.69) is 43.8 Å². The number of rotatable bonds is 0. The second-order valence-corrected chi connectivity index (χ2v) is 4.33. The zero-order valence-electron chi connectivity index (χ0n) is 7.55. The SMILES string of the molecule is CC1=[N+](C)[CH-][N+](C)=C(C)P1.[Y]. The Kier molecular flexibility index (Phi) is 5.01. The van der Waals surface area contributed by atoms with Crippen molar-refractivity contribution in [3.8, 4) is 0 Å². The van der Waals surface area contributed by atoms with Crippen molar-refractivity contribution in [2.45, 2.75) is 13.8 Å². The minimum atomic E-state index is 0. The normalized spacial score (nSPS) is 17.8. The molecule has 1 aliphatic heterocycles. The van der Waals surface area contributed by atoms with Crippen molar-refractivity contribution in [1.82, 2.24) is 0 Å². The van der Waals surface area contributed by atoms with Crippen LogP contribution in [0.2, 0.25) is 0 Å². The zero-order chi connectivity index (χ0) is 7.72. The largest absolute Gasteiger partial charge is 0.304 e. The molecule has 0 aromatic rings. The van der Waals surface area contributed by atoms with Crippen molar-refractivity contribution in [3.05, 3.63) is 6.67 Å². The molecular formula is C7H14N2PY+. The third kappa shape index (κ3) is 2.93. The van der Waals surface area contributed by atoms with Gasteiger partial charge in [-0.15, -0.1) is 0 Å². The minimum absolute atomic E-state index is 0. The Morgan fingerprint density at radius 2 is 1.45 bits per heavy atom.